The van der Waals surface area contributed by atoms with Crippen molar-refractivity contribution in [3.05, 3.63) is 11.1 Å². The Bertz CT molecular complexity index is 267. The van der Waals surface area contributed by atoms with Gasteiger partial charge in [-0.15, -0.1) is 11.3 Å². The first-order valence-corrected chi connectivity index (χ1v) is 4.91. The summed E-state index contributed by atoms with van der Waals surface area (Å²) in [7, 11) is 0. The molecule has 0 saturated carbocycles. The number of anilines is 1. The summed E-state index contributed by atoms with van der Waals surface area (Å²) in [6, 6.07) is 0. The fourth-order valence-corrected chi connectivity index (χ4v) is 1.45. The van der Waals surface area contributed by atoms with E-state index in [1.807, 2.05) is 0 Å². The second-order valence-corrected chi connectivity index (χ2v) is 4.33. The number of aliphatic hydroxyl groups is 2. The summed E-state index contributed by atoms with van der Waals surface area (Å²) in [5.41, 5.74) is -0.0892. The molecule has 0 aliphatic heterocycles. The van der Waals surface area contributed by atoms with Crippen LogP contribution in [-0.4, -0.2) is 27.3 Å². The monoisotopic (exact) mass is 202 g/mol. The van der Waals surface area contributed by atoms with Crippen molar-refractivity contribution in [2.24, 2.45) is 0 Å². The van der Waals surface area contributed by atoms with Crippen molar-refractivity contribution in [3.63, 3.8) is 0 Å². The molecular formula is C8H14N2O2S. The van der Waals surface area contributed by atoms with Gasteiger partial charge in [0.25, 0.3) is 0 Å². The maximum absolute atomic E-state index is 9.41. The maximum atomic E-state index is 9.41. The van der Waals surface area contributed by atoms with Crippen molar-refractivity contribution in [1.29, 1.82) is 0 Å². The molecule has 0 aliphatic carbocycles. The van der Waals surface area contributed by atoms with Crippen LogP contribution in [0.4, 0.5) is 5.13 Å². The van der Waals surface area contributed by atoms with Gasteiger partial charge in [0.1, 0.15) is 0 Å². The molecule has 13 heavy (non-hydrogen) atoms. The lowest BCUT2D eigenvalue weighted by molar-refractivity contribution is 0.0945. The lowest BCUT2D eigenvalue weighted by atomic mass is 10.1. The SMILES string of the molecule is CC(C)(O)CNc1nc(CO)cs1. The number of aliphatic hydroxyl groups excluding tert-OH is 1. The van der Waals surface area contributed by atoms with Gasteiger partial charge in [-0.1, -0.05) is 0 Å². The van der Waals surface area contributed by atoms with E-state index in [0.717, 1.165) is 5.13 Å². The van der Waals surface area contributed by atoms with Gasteiger partial charge < -0.3 is 15.5 Å². The van der Waals surface area contributed by atoms with E-state index in [1.54, 1.807) is 19.2 Å². The van der Waals surface area contributed by atoms with Gasteiger partial charge in [0.15, 0.2) is 5.13 Å². The Balaban J connectivity index is 2.46. The van der Waals surface area contributed by atoms with Crippen molar-refractivity contribution < 1.29 is 10.2 Å². The van der Waals surface area contributed by atoms with Crippen LogP contribution < -0.4 is 5.32 Å². The maximum Gasteiger partial charge on any atom is 0.183 e. The highest BCUT2D eigenvalue weighted by Gasteiger charge is 2.12. The Morgan fingerprint density at radius 2 is 2.31 bits per heavy atom. The summed E-state index contributed by atoms with van der Waals surface area (Å²) >= 11 is 1.42. The zero-order valence-electron chi connectivity index (χ0n) is 7.74. The Morgan fingerprint density at radius 1 is 1.62 bits per heavy atom. The quantitative estimate of drug-likeness (QED) is 0.676. The molecule has 5 heteroatoms. The lowest BCUT2D eigenvalue weighted by Gasteiger charge is -2.16. The van der Waals surface area contributed by atoms with Gasteiger partial charge in [0.2, 0.25) is 0 Å². The minimum absolute atomic E-state index is 0.0410. The van der Waals surface area contributed by atoms with Crippen LogP contribution in [0.5, 0.6) is 0 Å². The molecule has 0 saturated heterocycles. The van der Waals surface area contributed by atoms with Crippen LogP contribution in [-0.2, 0) is 6.61 Å². The lowest BCUT2D eigenvalue weighted by Crippen LogP contribution is -2.29. The number of nitrogens with zero attached hydrogens (tertiary/aromatic N) is 1. The number of aromatic nitrogens is 1. The van der Waals surface area contributed by atoms with Gasteiger partial charge in [-0.05, 0) is 13.8 Å². The fraction of sp³-hybridized carbons (Fsp3) is 0.625. The van der Waals surface area contributed by atoms with E-state index in [-0.39, 0.29) is 6.61 Å². The number of hydrogen-bond acceptors (Lipinski definition) is 5. The molecule has 0 bridgehead atoms. The summed E-state index contributed by atoms with van der Waals surface area (Å²) in [5, 5.41) is 23.7. The average molecular weight is 202 g/mol. The Hall–Kier alpha value is -0.650. The molecule has 0 atom stereocenters. The van der Waals surface area contributed by atoms with Crippen LogP contribution >= 0.6 is 11.3 Å². The number of nitrogens with one attached hydrogen (secondary N) is 1. The van der Waals surface area contributed by atoms with Gasteiger partial charge in [-0.25, -0.2) is 4.98 Å². The Kier molecular flexibility index (Phi) is 3.24. The smallest absolute Gasteiger partial charge is 0.183 e. The third-order valence-electron chi connectivity index (χ3n) is 1.39. The highest BCUT2D eigenvalue weighted by molar-refractivity contribution is 7.13. The zero-order valence-corrected chi connectivity index (χ0v) is 8.56. The zero-order chi connectivity index (χ0) is 9.90. The number of thiazole rings is 1. The van der Waals surface area contributed by atoms with Crippen molar-refractivity contribution >= 4 is 16.5 Å². The van der Waals surface area contributed by atoms with E-state index in [9.17, 15) is 5.11 Å². The molecule has 0 radical (unpaired) electrons. The minimum atomic E-state index is -0.745. The molecule has 1 rings (SSSR count). The third-order valence-corrected chi connectivity index (χ3v) is 2.23. The Labute approximate surface area is 81.3 Å². The normalized spacial score (nSPS) is 11.7. The Morgan fingerprint density at radius 3 is 2.77 bits per heavy atom. The molecule has 0 amide bonds. The van der Waals surface area contributed by atoms with E-state index in [4.69, 9.17) is 5.11 Å². The van der Waals surface area contributed by atoms with Crippen LogP contribution in [0, 0.1) is 0 Å². The highest BCUT2D eigenvalue weighted by atomic mass is 32.1. The van der Waals surface area contributed by atoms with Gasteiger partial charge >= 0.3 is 0 Å². The van der Waals surface area contributed by atoms with E-state index in [0.29, 0.717) is 12.2 Å². The van der Waals surface area contributed by atoms with Crippen LogP contribution in [0.1, 0.15) is 19.5 Å². The molecule has 0 aromatic carbocycles. The van der Waals surface area contributed by atoms with Crippen LogP contribution in [0.2, 0.25) is 0 Å². The molecule has 74 valence electrons. The first-order valence-electron chi connectivity index (χ1n) is 4.03. The third kappa shape index (κ3) is 3.71. The van der Waals surface area contributed by atoms with Crippen molar-refractivity contribution in [3.8, 4) is 0 Å². The summed E-state index contributed by atoms with van der Waals surface area (Å²) in [4.78, 5) is 4.08. The standard InChI is InChI=1S/C8H14N2O2S/c1-8(2,12)5-9-7-10-6(3-11)4-13-7/h4,11-12H,3,5H2,1-2H3,(H,9,10). The molecule has 1 aromatic heterocycles. The summed E-state index contributed by atoms with van der Waals surface area (Å²) in [5.74, 6) is 0. The molecule has 0 unspecified atom stereocenters. The largest absolute Gasteiger partial charge is 0.390 e. The van der Waals surface area contributed by atoms with Gasteiger partial charge in [-0.3, -0.25) is 0 Å². The molecule has 1 aromatic rings. The summed E-state index contributed by atoms with van der Waals surface area (Å²) < 4.78 is 0. The average Bonchev–Trinajstić information content (AvgIpc) is 2.47. The van der Waals surface area contributed by atoms with E-state index in [1.165, 1.54) is 11.3 Å². The van der Waals surface area contributed by atoms with E-state index in [2.05, 4.69) is 10.3 Å². The predicted molar refractivity (Wildman–Crippen MR) is 52.8 cm³/mol. The molecule has 4 nitrogen and oxygen atoms in total. The van der Waals surface area contributed by atoms with Crippen LogP contribution in [0.15, 0.2) is 5.38 Å². The van der Waals surface area contributed by atoms with E-state index >= 15 is 0 Å². The number of hydrogen-bond donors (Lipinski definition) is 3. The van der Waals surface area contributed by atoms with Gasteiger partial charge in [0.05, 0.1) is 17.9 Å². The molecule has 0 spiro atoms. The van der Waals surface area contributed by atoms with Gasteiger partial charge in [-0.2, -0.15) is 0 Å². The fourth-order valence-electron chi connectivity index (χ4n) is 0.753. The molecule has 1 heterocycles. The number of rotatable bonds is 4. The first-order chi connectivity index (χ1) is 6.01. The van der Waals surface area contributed by atoms with Crippen LogP contribution in [0.25, 0.3) is 0 Å². The van der Waals surface area contributed by atoms with Crippen molar-refractivity contribution in [2.75, 3.05) is 11.9 Å². The first kappa shape index (κ1) is 10.4. The summed E-state index contributed by atoms with van der Waals surface area (Å²) in [6.45, 7) is 3.85. The topological polar surface area (TPSA) is 65.4 Å². The molecular weight excluding hydrogens is 188 g/mol. The van der Waals surface area contributed by atoms with E-state index < -0.39 is 5.60 Å². The summed E-state index contributed by atoms with van der Waals surface area (Å²) in [6.07, 6.45) is 0. The second kappa shape index (κ2) is 4.04. The minimum Gasteiger partial charge on any atom is -0.390 e. The molecule has 0 fully saturated rings. The highest BCUT2D eigenvalue weighted by Crippen LogP contribution is 2.16. The van der Waals surface area contributed by atoms with Crippen molar-refractivity contribution in [2.45, 2.75) is 26.1 Å². The van der Waals surface area contributed by atoms with Gasteiger partial charge in [0, 0.05) is 11.9 Å². The predicted octanol–water partition coefficient (Wildman–Crippen LogP) is 0.818. The van der Waals surface area contributed by atoms with Crippen LogP contribution in [0.3, 0.4) is 0 Å². The van der Waals surface area contributed by atoms with Crippen molar-refractivity contribution in [1.82, 2.24) is 4.98 Å². The molecule has 0 aliphatic rings. The molecule has 3 N–H and O–H groups in total. The second-order valence-electron chi connectivity index (χ2n) is 3.47.